The molecular formula is C13H13FN2O2. The number of hydrogen-bond acceptors (Lipinski definition) is 4. The van der Waals surface area contributed by atoms with Gasteiger partial charge in [-0.1, -0.05) is 12.1 Å². The average Bonchev–Trinajstić information content (AvgIpc) is 2.41. The molecule has 1 unspecified atom stereocenters. The Balaban J connectivity index is 2.41. The maximum Gasteiger partial charge on any atom is 0.238 e. The summed E-state index contributed by atoms with van der Waals surface area (Å²) in [5, 5.41) is 10.2. The molecular weight excluding hydrogens is 235 g/mol. The highest BCUT2D eigenvalue weighted by atomic mass is 19.1. The van der Waals surface area contributed by atoms with Crippen molar-refractivity contribution in [3.63, 3.8) is 0 Å². The van der Waals surface area contributed by atoms with Gasteiger partial charge in [-0.2, -0.15) is 0 Å². The number of nitrogens with zero attached hydrogens (tertiary/aromatic N) is 2. The van der Waals surface area contributed by atoms with E-state index in [1.807, 2.05) is 0 Å². The molecule has 2 aromatic rings. The van der Waals surface area contributed by atoms with Gasteiger partial charge in [0.2, 0.25) is 5.88 Å². The van der Waals surface area contributed by atoms with Crippen molar-refractivity contribution in [2.45, 2.75) is 13.0 Å². The van der Waals surface area contributed by atoms with E-state index in [9.17, 15) is 9.50 Å². The molecule has 18 heavy (non-hydrogen) atoms. The molecule has 0 aliphatic heterocycles. The van der Waals surface area contributed by atoms with Crippen molar-refractivity contribution in [1.29, 1.82) is 0 Å². The number of ether oxygens (including phenoxy) is 1. The molecule has 0 bridgehead atoms. The summed E-state index contributed by atoms with van der Waals surface area (Å²) in [7, 11) is 1.45. The molecule has 5 heteroatoms. The summed E-state index contributed by atoms with van der Waals surface area (Å²) in [6, 6.07) is 4.41. The average molecular weight is 248 g/mol. The second-order valence-corrected chi connectivity index (χ2v) is 3.86. The predicted octanol–water partition coefficient (Wildman–Crippen LogP) is 2.01. The Hall–Kier alpha value is -2.01. The number of rotatable bonds is 3. The molecule has 0 spiro atoms. The van der Waals surface area contributed by atoms with Crippen molar-refractivity contribution < 1.29 is 14.2 Å². The summed E-state index contributed by atoms with van der Waals surface area (Å²) in [6.07, 6.45) is 1.95. The number of aryl methyl sites for hydroxylation is 1. The summed E-state index contributed by atoms with van der Waals surface area (Å²) in [5.41, 5.74) is 1.33. The van der Waals surface area contributed by atoms with Crippen LogP contribution in [0.15, 0.2) is 30.6 Å². The van der Waals surface area contributed by atoms with E-state index in [4.69, 9.17) is 4.74 Å². The standard InChI is InChI=1S/C13H13FN2O2/c1-8-7-9(3-4-10(8)14)12(17)11-13(18-2)16-6-5-15-11/h3-7,12,17H,1-2H3. The Morgan fingerprint density at radius 1 is 1.28 bits per heavy atom. The lowest BCUT2D eigenvalue weighted by Gasteiger charge is -2.13. The zero-order valence-electron chi connectivity index (χ0n) is 10.1. The number of halogens is 1. The first-order valence-corrected chi connectivity index (χ1v) is 5.42. The van der Waals surface area contributed by atoms with Crippen LogP contribution in [0, 0.1) is 12.7 Å². The molecule has 0 aliphatic carbocycles. The molecule has 2 rings (SSSR count). The summed E-state index contributed by atoms with van der Waals surface area (Å²) in [6.45, 7) is 1.64. The van der Waals surface area contributed by atoms with Crippen LogP contribution in [0.2, 0.25) is 0 Å². The van der Waals surface area contributed by atoms with Crippen molar-refractivity contribution >= 4 is 0 Å². The quantitative estimate of drug-likeness (QED) is 0.902. The maximum atomic E-state index is 13.2. The van der Waals surface area contributed by atoms with Crippen molar-refractivity contribution in [2.75, 3.05) is 7.11 Å². The van der Waals surface area contributed by atoms with Gasteiger partial charge >= 0.3 is 0 Å². The van der Waals surface area contributed by atoms with Gasteiger partial charge in [-0.25, -0.2) is 9.37 Å². The van der Waals surface area contributed by atoms with Gasteiger partial charge in [0.25, 0.3) is 0 Å². The van der Waals surface area contributed by atoms with E-state index in [0.717, 1.165) is 0 Å². The molecule has 1 atom stereocenters. The highest BCUT2D eigenvalue weighted by molar-refractivity contribution is 5.33. The van der Waals surface area contributed by atoms with Crippen LogP contribution in [0.4, 0.5) is 4.39 Å². The molecule has 1 N–H and O–H groups in total. The Labute approximate surface area is 104 Å². The minimum atomic E-state index is -0.993. The third-order valence-corrected chi connectivity index (χ3v) is 2.64. The Bertz CT molecular complexity index is 560. The monoisotopic (exact) mass is 248 g/mol. The van der Waals surface area contributed by atoms with Gasteiger partial charge < -0.3 is 9.84 Å². The molecule has 0 radical (unpaired) electrons. The summed E-state index contributed by atoms with van der Waals surface area (Å²) < 4.78 is 18.2. The van der Waals surface area contributed by atoms with Gasteiger partial charge in [-0.3, -0.25) is 4.98 Å². The van der Waals surface area contributed by atoms with Crippen LogP contribution in [0.25, 0.3) is 0 Å². The number of methoxy groups -OCH3 is 1. The Morgan fingerprint density at radius 3 is 2.67 bits per heavy atom. The molecule has 0 amide bonds. The number of aromatic nitrogens is 2. The van der Waals surface area contributed by atoms with Crippen molar-refractivity contribution in [2.24, 2.45) is 0 Å². The van der Waals surface area contributed by atoms with E-state index >= 15 is 0 Å². The van der Waals surface area contributed by atoms with E-state index in [0.29, 0.717) is 16.8 Å². The number of hydrogen-bond donors (Lipinski definition) is 1. The van der Waals surface area contributed by atoms with Gasteiger partial charge in [0.05, 0.1) is 7.11 Å². The summed E-state index contributed by atoms with van der Waals surface area (Å²) in [5.74, 6) is -0.0518. The third-order valence-electron chi connectivity index (χ3n) is 2.64. The fourth-order valence-corrected chi connectivity index (χ4v) is 1.68. The topological polar surface area (TPSA) is 55.2 Å². The van der Waals surface area contributed by atoms with Gasteiger partial charge in [-0.05, 0) is 24.1 Å². The minimum Gasteiger partial charge on any atom is -0.480 e. The lowest BCUT2D eigenvalue weighted by molar-refractivity contribution is 0.207. The second-order valence-electron chi connectivity index (χ2n) is 3.86. The molecule has 94 valence electrons. The van der Waals surface area contributed by atoms with E-state index in [-0.39, 0.29) is 11.7 Å². The molecule has 0 saturated carbocycles. The Kier molecular flexibility index (Phi) is 3.53. The van der Waals surface area contributed by atoms with E-state index < -0.39 is 6.10 Å². The third kappa shape index (κ3) is 2.31. The van der Waals surface area contributed by atoms with E-state index in [1.54, 1.807) is 13.0 Å². The highest BCUT2D eigenvalue weighted by Crippen LogP contribution is 2.26. The first-order chi connectivity index (χ1) is 8.63. The first-order valence-electron chi connectivity index (χ1n) is 5.42. The second kappa shape index (κ2) is 5.10. The fraction of sp³-hybridized carbons (Fsp3) is 0.231. The van der Waals surface area contributed by atoms with Crippen molar-refractivity contribution in [3.8, 4) is 5.88 Å². The van der Waals surface area contributed by atoms with E-state index in [1.165, 1.54) is 31.6 Å². The van der Waals surface area contributed by atoms with Crippen LogP contribution in [0.5, 0.6) is 5.88 Å². The first kappa shape index (κ1) is 12.4. The number of benzene rings is 1. The minimum absolute atomic E-state index is 0.256. The van der Waals surface area contributed by atoms with Crippen LogP contribution in [0.3, 0.4) is 0 Å². The molecule has 1 aromatic heterocycles. The molecule has 0 saturated heterocycles. The molecule has 1 aromatic carbocycles. The SMILES string of the molecule is COc1nccnc1C(O)c1ccc(F)c(C)c1. The van der Waals surface area contributed by atoms with Gasteiger partial charge in [0.15, 0.2) is 0 Å². The van der Waals surface area contributed by atoms with E-state index in [2.05, 4.69) is 9.97 Å². The lowest BCUT2D eigenvalue weighted by atomic mass is 10.0. The van der Waals surface area contributed by atoms with Crippen LogP contribution in [0.1, 0.15) is 22.9 Å². The molecule has 4 nitrogen and oxygen atoms in total. The zero-order valence-corrected chi connectivity index (χ0v) is 10.1. The van der Waals surface area contributed by atoms with Crippen LogP contribution >= 0.6 is 0 Å². The molecule has 0 aliphatic rings. The summed E-state index contributed by atoms with van der Waals surface area (Å²) >= 11 is 0. The predicted molar refractivity (Wildman–Crippen MR) is 63.8 cm³/mol. The van der Waals surface area contributed by atoms with Crippen LogP contribution in [-0.2, 0) is 0 Å². The smallest absolute Gasteiger partial charge is 0.238 e. The largest absolute Gasteiger partial charge is 0.480 e. The van der Waals surface area contributed by atoms with Gasteiger partial charge in [0.1, 0.15) is 17.6 Å². The fourth-order valence-electron chi connectivity index (χ4n) is 1.68. The van der Waals surface area contributed by atoms with Crippen LogP contribution in [-0.4, -0.2) is 22.2 Å². The van der Waals surface area contributed by atoms with Gasteiger partial charge in [-0.15, -0.1) is 0 Å². The van der Waals surface area contributed by atoms with Gasteiger partial charge in [0, 0.05) is 12.4 Å². The number of aliphatic hydroxyl groups is 1. The number of aliphatic hydroxyl groups excluding tert-OH is 1. The van der Waals surface area contributed by atoms with Crippen LogP contribution < -0.4 is 4.74 Å². The summed E-state index contributed by atoms with van der Waals surface area (Å²) in [4.78, 5) is 8.01. The molecule has 0 fully saturated rings. The maximum absolute atomic E-state index is 13.2. The highest BCUT2D eigenvalue weighted by Gasteiger charge is 2.18. The van der Waals surface area contributed by atoms with Crippen molar-refractivity contribution in [3.05, 3.63) is 53.2 Å². The lowest BCUT2D eigenvalue weighted by Crippen LogP contribution is -2.06. The molecule has 1 heterocycles. The zero-order chi connectivity index (χ0) is 13.1. The Morgan fingerprint density at radius 2 is 2.00 bits per heavy atom. The van der Waals surface area contributed by atoms with Crippen molar-refractivity contribution in [1.82, 2.24) is 9.97 Å². The normalized spacial score (nSPS) is 12.2.